The summed E-state index contributed by atoms with van der Waals surface area (Å²) in [5.74, 6) is -0.656. The van der Waals surface area contributed by atoms with Crippen molar-refractivity contribution >= 4 is 23.5 Å². The molecule has 1 fully saturated rings. The zero-order valence-corrected chi connectivity index (χ0v) is 18.7. The van der Waals surface area contributed by atoms with Gasteiger partial charge in [-0.15, -0.1) is 5.10 Å². The molecule has 0 unspecified atom stereocenters. The Morgan fingerprint density at radius 1 is 1.21 bits per heavy atom. The number of rotatable bonds is 6. The summed E-state index contributed by atoms with van der Waals surface area (Å²) in [5.41, 5.74) is 3.77. The van der Waals surface area contributed by atoms with Gasteiger partial charge >= 0.3 is 6.09 Å². The van der Waals surface area contributed by atoms with Crippen LogP contribution in [0.2, 0.25) is 0 Å². The Hall–Kier alpha value is -3.89. The minimum atomic E-state index is -1.07. The number of anilines is 2. The van der Waals surface area contributed by atoms with Gasteiger partial charge < -0.3 is 10.1 Å². The molecule has 10 nitrogen and oxygen atoms in total. The van der Waals surface area contributed by atoms with Crippen molar-refractivity contribution in [2.45, 2.75) is 39.5 Å². The van der Waals surface area contributed by atoms with Gasteiger partial charge in [-0.05, 0) is 51.0 Å². The number of ether oxygens (including phenoxy) is 1. The lowest BCUT2D eigenvalue weighted by molar-refractivity contribution is -0.117. The molecule has 172 valence electrons. The molecule has 3 heterocycles. The van der Waals surface area contributed by atoms with E-state index >= 15 is 0 Å². The van der Waals surface area contributed by atoms with Crippen molar-refractivity contribution in [2.75, 3.05) is 10.6 Å². The van der Waals surface area contributed by atoms with Gasteiger partial charge in [0, 0.05) is 24.5 Å². The summed E-state index contributed by atoms with van der Waals surface area (Å²) in [4.78, 5) is 33.0. The van der Waals surface area contributed by atoms with E-state index < -0.39 is 24.3 Å². The van der Waals surface area contributed by atoms with Crippen molar-refractivity contribution in [3.05, 3.63) is 47.4 Å². The summed E-state index contributed by atoms with van der Waals surface area (Å²) in [6, 6.07) is 5.18. The molecule has 11 heteroatoms. The van der Waals surface area contributed by atoms with E-state index in [1.54, 1.807) is 32.3 Å². The van der Waals surface area contributed by atoms with Crippen molar-refractivity contribution in [1.29, 1.82) is 0 Å². The SMILES string of the molecule is Cc1cnc(C)c([C@@H](C)OC(=O)Nc2c(-c3ccc(NC(=O)[C@@H]4C[C@H]4F)cn3)nnn2C)c1. The Kier molecular flexibility index (Phi) is 6.03. The first kappa shape index (κ1) is 22.3. The first-order chi connectivity index (χ1) is 15.7. The lowest BCUT2D eigenvalue weighted by Gasteiger charge is -2.16. The summed E-state index contributed by atoms with van der Waals surface area (Å²) in [6.07, 6.45) is 1.18. The molecule has 33 heavy (non-hydrogen) atoms. The zero-order chi connectivity index (χ0) is 23.7. The molecule has 0 saturated heterocycles. The molecule has 0 aromatic carbocycles. The van der Waals surface area contributed by atoms with Gasteiger partial charge in [0.15, 0.2) is 11.5 Å². The molecule has 0 spiro atoms. The smallest absolute Gasteiger partial charge is 0.413 e. The van der Waals surface area contributed by atoms with Crippen LogP contribution in [0.5, 0.6) is 0 Å². The highest BCUT2D eigenvalue weighted by molar-refractivity contribution is 5.95. The summed E-state index contributed by atoms with van der Waals surface area (Å²) < 4.78 is 20.0. The molecular formula is C22H24FN7O3. The number of halogens is 1. The van der Waals surface area contributed by atoms with Crippen molar-refractivity contribution < 1.29 is 18.7 Å². The molecule has 3 aromatic heterocycles. The summed E-state index contributed by atoms with van der Waals surface area (Å²) in [7, 11) is 1.63. The van der Waals surface area contributed by atoms with E-state index in [4.69, 9.17) is 4.74 Å². The Morgan fingerprint density at radius 3 is 2.64 bits per heavy atom. The third-order valence-electron chi connectivity index (χ3n) is 5.35. The van der Waals surface area contributed by atoms with Crippen LogP contribution in [0.15, 0.2) is 30.6 Å². The standard InChI is InChI=1S/C22H24FN7O3/c1-11-7-15(12(2)24-9-11)13(3)33-22(32)27-20-19(28-29-30(20)4)18-6-5-14(10-25-18)26-21(31)16-8-17(16)23/h5-7,9-10,13,16-17H,8H2,1-4H3,(H,26,31)(H,27,32)/t13-,16-,17-/m1/s1. The predicted molar refractivity (Wildman–Crippen MR) is 118 cm³/mol. The van der Waals surface area contributed by atoms with E-state index in [1.807, 2.05) is 19.9 Å². The van der Waals surface area contributed by atoms with Crippen LogP contribution in [-0.4, -0.2) is 43.1 Å². The topological polar surface area (TPSA) is 124 Å². The van der Waals surface area contributed by atoms with Gasteiger partial charge in [0.05, 0.1) is 23.5 Å². The third kappa shape index (κ3) is 4.97. The molecule has 4 rings (SSSR count). The van der Waals surface area contributed by atoms with E-state index in [1.165, 1.54) is 10.9 Å². The summed E-state index contributed by atoms with van der Waals surface area (Å²) in [6.45, 7) is 5.55. The Balaban J connectivity index is 1.44. The van der Waals surface area contributed by atoms with E-state index in [2.05, 4.69) is 30.9 Å². The van der Waals surface area contributed by atoms with Crippen LogP contribution >= 0.6 is 0 Å². The number of amides is 2. The maximum absolute atomic E-state index is 13.0. The molecule has 3 atom stereocenters. The van der Waals surface area contributed by atoms with E-state index in [0.717, 1.165) is 16.8 Å². The van der Waals surface area contributed by atoms with Crippen molar-refractivity contribution in [3.63, 3.8) is 0 Å². The summed E-state index contributed by atoms with van der Waals surface area (Å²) >= 11 is 0. The van der Waals surface area contributed by atoms with Crippen molar-refractivity contribution in [3.8, 4) is 11.4 Å². The van der Waals surface area contributed by atoms with Gasteiger partial charge in [-0.1, -0.05) is 5.21 Å². The minimum Gasteiger partial charge on any atom is -0.441 e. The maximum Gasteiger partial charge on any atom is 0.413 e. The Morgan fingerprint density at radius 2 is 1.97 bits per heavy atom. The molecule has 3 aromatic rings. The average Bonchev–Trinajstić information content (AvgIpc) is 3.41. The van der Waals surface area contributed by atoms with Crippen LogP contribution in [0.4, 0.5) is 20.7 Å². The number of nitrogens with zero attached hydrogens (tertiary/aromatic N) is 5. The number of pyridine rings is 2. The zero-order valence-electron chi connectivity index (χ0n) is 18.7. The molecular weight excluding hydrogens is 429 g/mol. The fourth-order valence-corrected chi connectivity index (χ4v) is 3.37. The highest BCUT2D eigenvalue weighted by Gasteiger charge is 2.43. The normalized spacial score (nSPS) is 17.8. The molecule has 0 aliphatic heterocycles. The van der Waals surface area contributed by atoms with Gasteiger partial charge in [0.1, 0.15) is 12.3 Å². The van der Waals surface area contributed by atoms with Crippen molar-refractivity contribution in [1.82, 2.24) is 25.0 Å². The quantitative estimate of drug-likeness (QED) is 0.585. The number of hydrogen-bond acceptors (Lipinski definition) is 7. The van der Waals surface area contributed by atoms with Crippen LogP contribution in [0.1, 0.15) is 36.3 Å². The Labute approximate surface area is 189 Å². The first-order valence-electron chi connectivity index (χ1n) is 10.4. The summed E-state index contributed by atoms with van der Waals surface area (Å²) in [5, 5.41) is 13.3. The average molecular weight is 453 g/mol. The first-order valence-corrected chi connectivity index (χ1v) is 10.4. The van der Waals surface area contributed by atoms with E-state index in [0.29, 0.717) is 22.9 Å². The molecule has 0 bridgehead atoms. The van der Waals surface area contributed by atoms with Gasteiger partial charge in [-0.2, -0.15) is 0 Å². The number of hydrogen-bond donors (Lipinski definition) is 2. The van der Waals surface area contributed by atoms with Crippen LogP contribution in [-0.2, 0) is 16.6 Å². The molecule has 1 aliphatic carbocycles. The number of alkyl halides is 1. The maximum atomic E-state index is 13.0. The number of carbonyl (C=O) groups excluding carboxylic acids is 2. The predicted octanol–water partition coefficient (Wildman–Crippen LogP) is 3.50. The van der Waals surface area contributed by atoms with Crippen molar-refractivity contribution in [2.24, 2.45) is 13.0 Å². The molecule has 1 aliphatic rings. The van der Waals surface area contributed by atoms with E-state index in [9.17, 15) is 14.0 Å². The lowest BCUT2D eigenvalue weighted by Crippen LogP contribution is -2.19. The molecule has 0 radical (unpaired) electrons. The van der Waals surface area contributed by atoms with Gasteiger partial charge in [0.2, 0.25) is 5.91 Å². The largest absolute Gasteiger partial charge is 0.441 e. The third-order valence-corrected chi connectivity index (χ3v) is 5.35. The highest BCUT2D eigenvalue weighted by atomic mass is 19.1. The van der Waals surface area contributed by atoms with Gasteiger partial charge in [-0.3, -0.25) is 20.1 Å². The second-order valence-electron chi connectivity index (χ2n) is 8.05. The van der Waals surface area contributed by atoms with E-state index in [-0.39, 0.29) is 12.3 Å². The van der Waals surface area contributed by atoms with Crippen LogP contribution < -0.4 is 10.6 Å². The second kappa shape index (κ2) is 8.93. The van der Waals surface area contributed by atoms with Crippen LogP contribution in [0.25, 0.3) is 11.4 Å². The number of carbonyl (C=O) groups is 2. The number of aromatic nitrogens is 5. The molecule has 2 amide bonds. The van der Waals surface area contributed by atoms with Gasteiger partial charge in [-0.25, -0.2) is 13.9 Å². The minimum absolute atomic E-state index is 0.251. The second-order valence-corrected chi connectivity index (χ2v) is 8.05. The van der Waals surface area contributed by atoms with Crippen LogP contribution in [0, 0.1) is 19.8 Å². The number of nitrogens with one attached hydrogen (secondary N) is 2. The lowest BCUT2D eigenvalue weighted by atomic mass is 10.1. The number of aryl methyl sites for hydroxylation is 3. The monoisotopic (exact) mass is 453 g/mol. The highest BCUT2D eigenvalue weighted by Crippen LogP contribution is 2.34. The molecule has 1 saturated carbocycles. The Bertz CT molecular complexity index is 1200. The van der Waals surface area contributed by atoms with Crippen LogP contribution in [0.3, 0.4) is 0 Å². The molecule has 2 N–H and O–H groups in total. The fourth-order valence-electron chi connectivity index (χ4n) is 3.37. The fraction of sp³-hybridized carbons (Fsp3) is 0.364. The van der Waals surface area contributed by atoms with Gasteiger partial charge in [0.25, 0.3) is 0 Å².